The second kappa shape index (κ2) is 5.16. The number of anilines is 1. The Kier molecular flexibility index (Phi) is 3.40. The lowest BCUT2D eigenvalue weighted by Gasteiger charge is -2.04. The minimum atomic E-state index is -0.103. The van der Waals surface area contributed by atoms with Crippen LogP contribution in [0.25, 0.3) is 11.1 Å². The number of benzene rings is 2. The van der Waals surface area contributed by atoms with E-state index in [0.29, 0.717) is 0 Å². The van der Waals surface area contributed by atoms with Gasteiger partial charge in [0.1, 0.15) is 0 Å². The third kappa shape index (κ3) is 3.65. The number of nitrogens with one attached hydrogen (secondary N) is 2. The van der Waals surface area contributed by atoms with Crippen LogP contribution >= 0.6 is 0 Å². The zero-order valence-corrected chi connectivity index (χ0v) is 9.60. The summed E-state index contributed by atoms with van der Waals surface area (Å²) in [6.07, 6.45) is 0. The number of hydrazine groups is 1. The molecule has 17 heavy (non-hydrogen) atoms. The van der Waals surface area contributed by atoms with Gasteiger partial charge in [-0.25, -0.2) is 0 Å². The number of amides is 1. The van der Waals surface area contributed by atoms with Gasteiger partial charge in [-0.15, -0.1) is 0 Å². The molecule has 0 saturated carbocycles. The van der Waals surface area contributed by atoms with Crippen LogP contribution in [0.1, 0.15) is 6.92 Å². The summed E-state index contributed by atoms with van der Waals surface area (Å²) in [5.74, 6) is -0.103. The molecule has 2 N–H and O–H groups in total. The predicted molar refractivity (Wildman–Crippen MR) is 69.3 cm³/mol. The van der Waals surface area contributed by atoms with Gasteiger partial charge >= 0.3 is 0 Å². The molecule has 0 radical (unpaired) electrons. The van der Waals surface area contributed by atoms with Gasteiger partial charge in [0.2, 0.25) is 5.91 Å². The molecule has 2 aliphatic carbocycles. The Labute approximate surface area is 100 Å². The minimum absolute atomic E-state index is 0.103. The molecule has 0 bridgehead atoms. The Bertz CT molecular complexity index is 491. The van der Waals surface area contributed by atoms with Crippen LogP contribution in [0.2, 0.25) is 0 Å². The van der Waals surface area contributed by atoms with Gasteiger partial charge in [0.25, 0.3) is 0 Å². The lowest BCUT2D eigenvalue weighted by Crippen LogP contribution is -2.26. The van der Waals surface area contributed by atoms with Crippen molar-refractivity contribution in [2.24, 2.45) is 0 Å². The molecule has 3 rings (SSSR count). The molecule has 1 amide bonds. The second-order valence-corrected chi connectivity index (χ2v) is 3.75. The highest BCUT2D eigenvalue weighted by molar-refractivity contribution is 5.80. The van der Waals surface area contributed by atoms with E-state index in [0.717, 1.165) is 5.69 Å². The smallest absolute Gasteiger partial charge is 0.235 e. The van der Waals surface area contributed by atoms with Crippen LogP contribution in [-0.2, 0) is 4.79 Å². The summed E-state index contributed by atoms with van der Waals surface area (Å²) in [5, 5.41) is 0. The number of para-hydroxylation sites is 1. The molecule has 3 heteroatoms. The van der Waals surface area contributed by atoms with Gasteiger partial charge in [-0.3, -0.25) is 15.6 Å². The van der Waals surface area contributed by atoms with E-state index >= 15 is 0 Å². The van der Waals surface area contributed by atoms with E-state index in [9.17, 15) is 4.79 Å². The van der Waals surface area contributed by atoms with E-state index in [1.165, 1.54) is 18.1 Å². The van der Waals surface area contributed by atoms with E-state index in [4.69, 9.17) is 0 Å². The Morgan fingerprint density at radius 3 is 2.00 bits per heavy atom. The first-order valence-corrected chi connectivity index (χ1v) is 5.44. The number of carbonyl (C=O) groups excluding carboxylic acids is 1. The fourth-order valence-corrected chi connectivity index (χ4v) is 1.36. The number of rotatable bonds is 2. The topological polar surface area (TPSA) is 41.1 Å². The zero-order chi connectivity index (χ0) is 12.1. The average molecular weight is 226 g/mol. The highest BCUT2D eigenvalue weighted by Gasteiger charge is 2.06. The normalized spacial score (nSPS) is 9.71. The quantitative estimate of drug-likeness (QED) is 0.660. The fraction of sp³-hybridized carbons (Fsp3) is 0.0714. The average Bonchev–Trinajstić information content (AvgIpc) is 2.96. The van der Waals surface area contributed by atoms with Gasteiger partial charge in [0.15, 0.2) is 0 Å². The summed E-state index contributed by atoms with van der Waals surface area (Å²) >= 11 is 0. The fourth-order valence-electron chi connectivity index (χ4n) is 1.36. The molecule has 0 aliphatic heterocycles. The first kappa shape index (κ1) is 11.2. The molecule has 0 unspecified atom stereocenters. The first-order valence-electron chi connectivity index (χ1n) is 5.44. The minimum Gasteiger partial charge on any atom is -0.299 e. The monoisotopic (exact) mass is 226 g/mol. The molecule has 0 heterocycles. The molecule has 0 atom stereocenters. The number of hydrogen-bond donors (Lipinski definition) is 2. The molecule has 0 fully saturated rings. The molecular weight excluding hydrogens is 212 g/mol. The Hall–Kier alpha value is -2.29. The van der Waals surface area contributed by atoms with Crippen molar-refractivity contribution >= 4 is 11.6 Å². The van der Waals surface area contributed by atoms with Crippen molar-refractivity contribution in [2.45, 2.75) is 6.92 Å². The summed E-state index contributed by atoms with van der Waals surface area (Å²) in [5.41, 5.74) is 8.95. The molecule has 0 aromatic heterocycles. The summed E-state index contributed by atoms with van der Waals surface area (Å²) in [6.45, 7) is 1.45. The third-order valence-electron chi connectivity index (χ3n) is 2.27. The van der Waals surface area contributed by atoms with Gasteiger partial charge in [-0.2, -0.15) is 0 Å². The Morgan fingerprint density at radius 1 is 0.941 bits per heavy atom. The first-order chi connectivity index (χ1) is 8.25. The molecule has 2 aliphatic rings. The van der Waals surface area contributed by atoms with Crippen molar-refractivity contribution in [3.63, 3.8) is 0 Å². The standard InChI is InChI=1S/C8H10N2O.C6H4/c1-7(11)9-10-8-5-3-2-4-6-8;1-2-5-4-6(5)3-1/h2-6,10H,1H3,(H,9,11);1-4H. The van der Waals surface area contributed by atoms with Gasteiger partial charge in [0.05, 0.1) is 5.69 Å². The predicted octanol–water partition coefficient (Wildman–Crippen LogP) is 2.82. The summed E-state index contributed by atoms with van der Waals surface area (Å²) < 4.78 is 0. The van der Waals surface area contributed by atoms with Crippen LogP contribution in [0.5, 0.6) is 0 Å². The van der Waals surface area contributed by atoms with Crippen molar-refractivity contribution in [2.75, 3.05) is 5.43 Å². The number of hydrogen-bond acceptors (Lipinski definition) is 2. The van der Waals surface area contributed by atoms with E-state index in [-0.39, 0.29) is 5.91 Å². The maximum atomic E-state index is 10.4. The highest BCUT2D eigenvalue weighted by Crippen LogP contribution is 2.32. The molecule has 3 nitrogen and oxygen atoms in total. The van der Waals surface area contributed by atoms with Crippen LogP contribution in [0.3, 0.4) is 0 Å². The second-order valence-electron chi connectivity index (χ2n) is 3.75. The molecule has 1 aromatic rings. The summed E-state index contributed by atoms with van der Waals surface area (Å²) in [4.78, 5) is 10.4. The molecule has 1 aromatic carbocycles. The van der Waals surface area contributed by atoms with E-state index in [1.54, 1.807) is 0 Å². The van der Waals surface area contributed by atoms with Crippen LogP contribution < -0.4 is 10.9 Å². The van der Waals surface area contributed by atoms with Crippen LogP contribution in [0, 0.1) is 0 Å². The summed E-state index contributed by atoms with van der Waals surface area (Å²) in [6, 6.07) is 17.9. The van der Waals surface area contributed by atoms with Gasteiger partial charge in [-0.05, 0) is 29.3 Å². The lowest BCUT2D eigenvalue weighted by molar-refractivity contribution is -0.118. The Morgan fingerprint density at radius 2 is 1.59 bits per heavy atom. The number of fused-ring (bicyclic) bond motifs is 1. The van der Waals surface area contributed by atoms with Crippen molar-refractivity contribution in [1.29, 1.82) is 0 Å². The third-order valence-corrected chi connectivity index (χ3v) is 2.27. The van der Waals surface area contributed by atoms with E-state index < -0.39 is 0 Å². The molecule has 86 valence electrons. The number of carbonyl (C=O) groups is 1. The van der Waals surface area contributed by atoms with Crippen LogP contribution in [-0.4, -0.2) is 5.91 Å². The van der Waals surface area contributed by atoms with Crippen molar-refractivity contribution in [1.82, 2.24) is 5.43 Å². The maximum Gasteiger partial charge on any atom is 0.235 e. The van der Waals surface area contributed by atoms with Crippen molar-refractivity contribution < 1.29 is 4.79 Å². The summed E-state index contributed by atoms with van der Waals surface area (Å²) in [7, 11) is 0. The van der Waals surface area contributed by atoms with Crippen molar-refractivity contribution in [3.05, 3.63) is 54.6 Å². The van der Waals surface area contributed by atoms with E-state index in [1.807, 2.05) is 30.3 Å². The molecule has 0 saturated heterocycles. The van der Waals surface area contributed by atoms with Gasteiger partial charge in [-0.1, -0.05) is 36.4 Å². The largest absolute Gasteiger partial charge is 0.299 e. The zero-order valence-electron chi connectivity index (χ0n) is 9.60. The highest BCUT2D eigenvalue weighted by atomic mass is 16.2. The Balaban J connectivity index is 0.000000148. The van der Waals surface area contributed by atoms with Crippen LogP contribution in [0.15, 0.2) is 54.6 Å². The van der Waals surface area contributed by atoms with Gasteiger partial charge < -0.3 is 0 Å². The lowest BCUT2D eigenvalue weighted by atomic mass is 10.3. The SMILES string of the molecule is CC(=O)NNc1ccccc1.c1cc2cc-2c1. The molecule has 0 spiro atoms. The van der Waals surface area contributed by atoms with E-state index in [2.05, 4.69) is 35.1 Å². The van der Waals surface area contributed by atoms with Gasteiger partial charge in [0, 0.05) is 6.92 Å². The molecular formula is C14H14N2O. The van der Waals surface area contributed by atoms with Crippen molar-refractivity contribution in [3.8, 4) is 11.1 Å². The maximum absolute atomic E-state index is 10.4. The van der Waals surface area contributed by atoms with Crippen LogP contribution in [0.4, 0.5) is 5.69 Å².